The van der Waals surface area contributed by atoms with Gasteiger partial charge in [-0.05, 0) is 50.6 Å². The molecule has 1 aromatic rings. The molecule has 1 saturated carbocycles. The van der Waals surface area contributed by atoms with Crippen molar-refractivity contribution in [3.63, 3.8) is 0 Å². The first-order valence-electron chi connectivity index (χ1n) is 8.27. The lowest BCUT2D eigenvalue weighted by Crippen LogP contribution is -2.58. The van der Waals surface area contributed by atoms with E-state index in [9.17, 15) is 8.42 Å². The molecule has 5 nitrogen and oxygen atoms in total. The van der Waals surface area contributed by atoms with E-state index in [1.165, 1.54) is 0 Å². The number of nitrogens with two attached hydrogens (primary N) is 1. The third kappa shape index (κ3) is 4.32. The van der Waals surface area contributed by atoms with Crippen molar-refractivity contribution in [2.45, 2.75) is 49.6 Å². The molecule has 3 N–H and O–H groups in total. The lowest BCUT2D eigenvalue weighted by Gasteiger charge is -2.42. The molecule has 1 aliphatic rings. The Kier molecular flexibility index (Phi) is 5.84. The molecule has 0 saturated heterocycles. The first kappa shape index (κ1) is 18.4. The predicted octanol–water partition coefficient (Wildman–Crippen LogP) is 1.93. The number of hydrogen-bond acceptors (Lipinski definition) is 4. The number of sulfonamides is 1. The van der Waals surface area contributed by atoms with Crippen molar-refractivity contribution in [3.8, 4) is 0 Å². The van der Waals surface area contributed by atoms with Gasteiger partial charge in [0.25, 0.3) is 0 Å². The summed E-state index contributed by atoms with van der Waals surface area (Å²) >= 11 is 0. The molecule has 1 fully saturated rings. The molecule has 2 atom stereocenters. The van der Waals surface area contributed by atoms with Gasteiger partial charge in [0.1, 0.15) is 0 Å². The van der Waals surface area contributed by atoms with Crippen LogP contribution in [0.4, 0.5) is 0 Å². The fourth-order valence-corrected chi connectivity index (χ4v) is 4.91. The van der Waals surface area contributed by atoms with Crippen LogP contribution in [-0.2, 0) is 16.6 Å². The van der Waals surface area contributed by atoms with E-state index in [1.807, 2.05) is 26.2 Å². The minimum absolute atomic E-state index is 0.254. The molecule has 0 spiro atoms. The summed E-state index contributed by atoms with van der Waals surface area (Å²) < 4.78 is 28.5. The van der Waals surface area contributed by atoms with Crippen LogP contribution in [0.1, 0.15) is 38.2 Å². The highest BCUT2D eigenvalue weighted by molar-refractivity contribution is 7.89. The monoisotopic (exact) mass is 339 g/mol. The fraction of sp³-hybridized carbons (Fsp3) is 0.647. The molecule has 1 aromatic carbocycles. The van der Waals surface area contributed by atoms with Crippen LogP contribution in [-0.4, -0.2) is 39.5 Å². The van der Waals surface area contributed by atoms with Crippen molar-refractivity contribution < 1.29 is 8.42 Å². The largest absolute Gasteiger partial charge is 0.329 e. The van der Waals surface area contributed by atoms with Gasteiger partial charge < -0.3 is 10.6 Å². The van der Waals surface area contributed by atoms with Crippen LogP contribution in [0.5, 0.6) is 0 Å². The summed E-state index contributed by atoms with van der Waals surface area (Å²) in [5.74, 6) is 0.254. The van der Waals surface area contributed by atoms with Crippen LogP contribution in [0.15, 0.2) is 29.2 Å². The summed E-state index contributed by atoms with van der Waals surface area (Å²) in [6, 6.07) is 7.10. The maximum Gasteiger partial charge on any atom is 0.241 e. The second-order valence-corrected chi connectivity index (χ2v) is 8.68. The Morgan fingerprint density at radius 3 is 2.43 bits per heavy atom. The van der Waals surface area contributed by atoms with Crippen LogP contribution in [0.25, 0.3) is 0 Å². The van der Waals surface area contributed by atoms with Crippen molar-refractivity contribution >= 4 is 10.0 Å². The van der Waals surface area contributed by atoms with E-state index >= 15 is 0 Å². The number of hydrogen-bond donors (Lipinski definition) is 2. The molecule has 0 radical (unpaired) electrons. The molecule has 130 valence electrons. The quantitative estimate of drug-likeness (QED) is 0.830. The Balaban J connectivity index is 2.20. The summed E-state index contributed by atoms with van der Waals surface area (Å²) in [4.78, 5) is 2.36. The van der Waals surface area contributed by atoms with Crippen LogP contribution in [0, 0.1) is 5.92 Å². The smallest absolute Gasteiger partial charge is 0.241 e. The molecule has 0 bridgehead atoms. The second kappa shape index (κ2) is 7.30. The Morgan fingerprint density at radius 1 is 1.26 bits per heavy atom. The summed E-state index contributed by atoms with van der Waals surface area (Å²) in [6.45, 7) is 3.22. The van der Waals surface area contributed by atoms with E-state index in [2.05, 4.69) is 16.5 Å². The van der Waals surface area contributed by atoms with Gasteiger partial charge >= 0.3 is 0 Å². The molecule has 2 unspecified atom stereocenters. The summed E-state index contributed by atoms with van der Waals surface area (Å²) in [7, 11) is 0.423. The van der Waals surface area contributed by atoms with Crippen LogP contribution in [0.2, 0.25) is 0 Å². The second-order valence-electron chi connectivity index (χ2n) is 6.99. The first-order chi connectivity index (χ1) is 10.8. The standard InChI is InChI=1S/C17H29N3O2S/c1-14-6-4-5-11-17(14,13-18)19-23(21,22)16-9-7-15(8-10-16)12-20(2)3/h7-10,14,19H,4-6,11-13,18H2,1-3H3. The number of nitrogens with one attached hydrogen (secondary N) is 1. The van der Waals surface area contributed by atoms with E-state index in [-0.39, 0.29) is 5.92 Å². The van der Waals surface area contributed by atoms with Gasteiger partial charge in [-0.25, -0.2) is 13.1 Å². The van der Waals surface area contributed by atoms with E-state index in [0.29, 0.717) is 11.4 Å². The fourth-order valence-electron chi connectivity index (χ4n) is 3.38. The Bertz CT molecular complexity index is 613. The van der Waals surface area contributed by atoms with Crippen LogP contribution < -0.4 is 10.5 Å². The lowest BCUT2D eigenvalue weighted by atomic mass is 9.74. The van der Waals surface area contributed by atoms with Gasteiger partial charge in [0.05, 0.1) is 4.90 Å². The molecular weight excluding hydrogens is 310 g/mol. The van der Waals surface area contributed by atoms with Crippen molar-refractivity contribution in [2.24, 2.45) is 11.7 Å². The zero-order chi connectivity index (χ0) is 17.1. The van der Waals surface area contributed by atoms with Crippen LogP contribution >= 0.6 is 0 Å². The van der Waals surface area contributed by atoms with Crippen molar-refractivity contribution in [1.29, 1.82) is 0 Å². The third-order valence-corrected chi connectivity index (χ3v) is 6.46. The van der Waals surface area contributed by atoms with Gasteiger partial charge in [0.15, 0.2) is 0 Å². The summed E-state index contributed by atoms with van der Waals surface area (Å²) in [6.07, 6.45) is 3.99. The van der Waals surface area contributed by atoms with E-state index < -0.39 is 15.6 Å². The summed E-state index contributed by atoms with van der Waals surface area (Å²) in [5, 5.41) is 0. The minimum Gasteiger partial charge on any atom is -0.329 e. The molecule has 23 heavy (non-hydrogen) atoms. The van der Waals surface area contributed by atoms with E-state index in [1.54, 1.807) is 12.1 Å². The third-order valence-electron chi connectivity index (χ3n) is 4.89. The molecular formula is C17H29N3O2S. The van der Waals surface area contributed by atoms with Gasteiger partial charge in [-0.2, -0.15) is 0 Å². The molecule has 0 heterocycles. The topological polar surface area (TPSA) is 75.4 Å². The Labute approximate surface area is 140 Å². The maximum absolute atomic E-state index is 12.8. The SMILES string of the molecule is CC1CCCCC1(CN)NS(=O)(=O)c1ccc(CN(C)C)cc1. The van der Waals surface area contributed by atoms with Gasteiger partial charge in [0, 0.05) is 18.6 Å². The number of benzene rings is 1. The molecule has 0 aromatic heterocycles. The van der Waals surface area contributed by atoms with Gasteiger partial charge in [0.2, 0.25) is 10.0 Å². The molecule has 0 aliphatic heterocycles. The summed E-state index contributed by atoms with van der Waals surface area (Å²) in [5.41, 5.74) is 6.54. The highest BCUT2D eigenvalue weighted by Crippen LogP contribution is 2.34. The highest BCUT2D eigenvalue weighted by Gasteiger charge is 2.40. The lowest BCUT2D eigenvalue weighted by molar-refractivity contribution is 0.191. The van der Waals surface area contributed by atoms with Crippen molar-refractivity contribution in [1.82, 2.24) is 9.62 Å². The predicted molar refractivity (Wildman–Crippen MR) is 93.6 cm³/mol. The van der Waals surface area contributed by atoms with Crippen LogP contribution in [0.3, 0.4) is 0 Å². The zero-order valence-corrected chi connectivity index (χ0v) is 15.2. The van der Waals surface area contributed by atoms with Gasteiger partial charge in [-0.1, -0.05) is 31.9 Å². The van der Waals surface area contributed by atoms with Crippen molar-refractivity contribution in [2.75, 3.05) is 20.6 Å². The number of nitrogens with zero attached hydrogens (tertiary/aromatic N) is 1. The van der Waals surface area contributed by atoms with E-state index in [0.717, 1.165) is 37.8 Å². The normalized spacial score (nSPS) is 25.7. The first-order valence-corrected chi connectivity index (χ1v) is 9.75. The van der Waals surface area contributed by atoms with Gasteiger partial charge in [-0.15, -0.1) is 0 Å². The molecule has 1 aliphatic carbocycles. The molecule has 2 rings (SSSR count). The highest BCUT2D eigenvalue weighted by atomic mass is 32.2. The Morgan fingerprint density at radius 2 is 1.91 bits per heavy atom. The zero-order valence-electron chi connectivity index (χ0n) is 14.4. The average molecular weight is 340 g/mol. The number of rotatable bonds is 6. The average Bonchev–Trinajstić information content (AvgIpc) is 2.49. The van der Waals surface area contributed by atoms with E-state index in [4.69, 9.17) is 5.73 Å². The molecule has 0 amide bonds. The minimum atomic E-state index is -3.55. The van der Waals surface area contributed by atoms with Gasteiger partial charge in [-0.3, -0.25) is 0 Å². The maximum atomic E-state index is 12.8. The Hall–Kier alpha value is -0.950. The molecule has 6 heteroatoms. The van der Waals surface area contributed by atoms with Crippen molar-refractivity contribution in [3.05, 3.63) is 29.8 Å².